The maximum absolute atomic E-state index is 5.36. The Hall–Kier alpha value is -2.36. The first-order chi connectivity index (χ1) is 10.7. The summed E-state index contributed by atoms with van der Waals surface area (Å²) in [7, 11) is 3.38. The predicted molar refractivity (Wildman–Crippen MR) is 90.1 cm³/mol. The van der Waals surface area contributed by atoms with E-state index >= 15 is 0 Å². The van der Waals surface area contributed by atoms with Crippen molar-refractivity contribution in [2.75, 3.05) is 24.9 Å². The highest BCUT2D eigenvalue weighted by molar-refractivity contribution is 5.61. The van der Waals surface area contributed by atoms with Crippen molar-refractivity contribution >= 4 is 11.4 Å². The minimum absolute atomic E-state index is 0.259. The van der Waals surface area contributed by atoms with Gasteiger partial charge in [0.1, 0.15) is 11.5 Å². The van der Waals surface area contributed by atoms with Crippen molar-refractivity contribution in [2.45, 2.75) is 25.4 Å². The van der Waals surface area contributed by atoms with E-state index in [9.17, 15) is 0 Å². The number of hydrogen-bond donors (Lipinski definition) is 2. The number of anilines is 2. The molecule has 116 valence electrons. The SMILES string of the molecule is COc1ccc(N[C@H]2C[C@@H](C)Nc3ccc(OC)cc32)cc1. The van der Waals surface area contributed by atoms with E-state index in [-0.39, 0.29) is 6.04 Å². The number of ether oxygens (including phenoxy) is 2. The summed E-state index contributed by atoms with van der Waals surface area (Å²) in [6.45, 7) is 2.20. The molecule has 4 nitrogen and oxygen atoms in total. The van der Waals surface area contributed by atoms with Gasteiger partial charge in [-0.05, 0) is 55.8 Å². The Morgan fingerprint density at radius 1 is 1.00 bits per heavy atom. The van der Waals surface area contributed by atoms with E-state index in [1.165, 1.54) is 11.3 Å². The third-order valence-corrected chi connectivity index (χ3v) is 4.06. The van der Waals surface area contributed by atoms with E-state index in [1.807, 2.05) is 30.3 Å². The monoisotopic (exact) mass is 298 g/mol. The molecule has 2 atom stereocenters. The predicted octanol–water partition coefficient (Wildman–Crippen LogP) is 4.06. The Morgan fingerprint density at radius 2 is 1.68 bits per heavy atom. The highest BCUT2D eigenvalue weighted by Gasteiger charge is 2.24. The van der Waals surface area contributed by atoms with Crippen LogP contribution in [0, 0.1) is 0 Å². The lowest BCUT2D eigenvalue weighted by molar-refractivity contribution is 0.413. The Bertz CT molecular complexity index is 640. The fourth-order valence-electron chi connectivity index (χ4n) is 2.92. The smallest absolute Gasteiger partial charge is 0.119 e. The second-order valence-electron chi connectivity index (χ2n) is 5.66. The lowest BCUT2D eigenvalue weighted by Gasteiger charge is -2.32. The van der Waals surface area contributed by atoms with Gasteiger partial charge in [-0.25, -0.2) is 0 Å². The average molecular weight is 298 g/mol. The molecular formula is C18H22N2O2. The topological polar surface area (TPSA) is 42.5 Å². The number of methoxy groups -OCH3 is 2. The van der Waals surface area contributed by atoms with Crippen molar-refractivity contribution < 1.29 is 9.47 Å². The fraction of sp³-hybridized carbons (Fsp3) is 0.333. The van der Waals surface area contributed by atoms with Gasteiger partial charge in [-0.2, -0.15) is 0 Å². The molecule has 22 heavy (non-hydrogen) atoms. The quantitative estimate of drug-likeness (QED) is 0.893. The largest absolute Gasteiger partial charge is 0.497 e. The summed E-state index contributed by atoms with van der Waals surface area (Å²) in [5.41, 5.74) is 3.51. The zero-order valence-corrected chi connectivity index (χ0v) is 13.2. The van der Waals surface area contributed by atoms with E-state index in [0.717, 1.165) is 23.6 Å². The fourth-order valence-corrected chi connectivity index (χ4v) is 2.92. The van der Waals surface area contributed by atoms with Crippen LogP contribution in [0.5, 0.6) is 11.5 Å². The van der Waals surface area contributed by atoms with E-state index in [2.05, 4.69) is 29.7 Å². The molecule has 0 amide bonds. The summed E-state index contributed by atoms with van der Waals surface area (Å²) >= 11 is 0. The normalized spacial score (nSPS) is 19.8. The molecule has 0 radical (unpaired) electrons. The van der Waals surface area contributed by atoms with Gasteiger partial charge in [0.2, 0.25) is 0 Å². The summed E-state index contributed by atoms with van der Waals surface area (Å²) in [5.74, 6) is 1.75. The van der Waals surface area contributed by atoms with Crippen LogP contribution in [0.4, 0.5) is 11.4 Å². The molecule has 2 aromatic rings. The minimum Gasteiger partial charge on any atom is -0.497 e. The summed E-state index contributed by atoms with van der Waals surface area (Å²) in [6, 6.07) is 14.9. The van der Waals surface area contributed by atoms with Crippen LogP contribution in [0.3, 0.4) is 0 Å². The van der Waals surface area contributed by atoms with Crippen LogP contribution in [0.15, 0.2) is 42.5 Å². The first-order valence-electron chi connectivity index (χ1n) is 7.54. The molecule has 2 aromatic carbocycles. The van der Waals surface area contributed by atoms with Gasteiger partial charge in [0.15, 0.2) is 0 Å². The minimum atomic E-state index is 0.259. The van der Waals surface area contributed by atoms with Crippen molar-refractivity contribution in [3.63, 3.8) is 0 Å². The van der Waals surface area contributed by atoms with E-state index in [4.69, 9.17) is 9.47 Å². The van der Waals surface area contributed by atoms with E-state index < -0.39 is 0 Å². The first kappa shape index (κ1) is 14.6. The highest BCUT2D eigenvalue weighted by atomic mass is 16.5. The lowest BCUT2D eigenvalue weighted by Crippen LogP contribution is -2.28. The van der Waals surface area contributed by atoms with Gasteiger partial charge in [-0.3, -0.25) is 0 Å². The van der Waals surface area contributed by atoms with Crippen molar-refractivity contribution in [3.05, 3.63) is 48.0 Å². The van der Waals surface area contributed by atoms with E-state index in [1.54, 1.807) is 14.2 Å². The number of rotatable bonds is 4. The third-order valence-electron chi connectivity index (χ3n) is 4.06. The number of benzene rings is 2. The molecule has 0 saturated carbocycles. The number of fused-ring (bicyclic) bond motifs is 1. The molecule has 4 heteroatoms. The van der Waals surface area contributed by atoms with Crippen molar-refractivity contribution in [1.82, 2.24) is 0 Å². The molecule has 0 saturated heterocycles. The van der Waals surface area contributed by atoms with E-state index in [0.29, 0.717) is 6.04 Å². The van der Waals surface area contributed by atoms with Crippen LogP contribution in [0.1, 0.15) is 24.9 Å². The Kier molecular flexibility index (Phi) is 4.09. The molecule has 3 rings (SSSR count). The summed E-state index contributed by atoms with van der Waals surface area (Å²) in [4.78, 5) is 0. The molecule has 1 aliphatic rings. The third kappa shape index (κ3) is 2.96. The van der Waals surface area contributed by atoms with Crippen molar-refractivity contribution in [2.24, 2.45) is 0 Å². The maximum atomic E-state index is 5.36. The van der Waals surface area contributed by atoms with Gasteiger partial charge in [0, 0.05) is 23.0 Å². The summed E-state index contributed by atoms with van der Waals surface area (Å²) in [6.07, 6.45) is 1.02. The van der Waals surface area contributed by atoms with Crippen LogP contribution >= 0.6 is 0 Å². The van der Waals surface area contributed by atoms with Gasteiger partial charge in [-0.1, -0.05) is 0 Å². The van der Waals surface area contributed by atoms with Crippen LogP contribution in [-0.4, -0.2) is 20.3 Å². The second kappa shape index (κ2) is 6.18. The second-order valence-corrected chi connectivity index (χ2v) is 5.66. The Morgan fingerprint density at radius 3 is 2.36 bits per heavy atom. The van der Waals surface area contributed by atoms with Crippen molar-refractivity contribution in [1.29, 1.82) is 0 Å². The van der Waals surface area contributed by atoms with Gasteiger partial charge in [0.05, 0.1) is 20.3 Å². The molecule has 1 heterocycles. The molecular weight excluding hydrogens is 276 g/mol. The highest BCUT2D eigenvalue weighted by Crippen LogP contribution is 2.37. The zero-order valence-electron chi connectivity index (χ0n) is 13.2. The van der Waals surface area contributed by atoms with Gasteiger partial charge >= 0.3 is 0 Å². The van der Waals surface area contributed by atoms with Gasteiger partial charge in [-0.15, -0.1) is 0 Å². The first-order valence-corrected chi connectivity index (χ1v) is 7.54. The van der Waals surface area contributed by atoms with Crippen LogP contribution in [0.2, 0.25) is 0 Å². The van der Waals surface area contributed by atoms with Crippen LogP contribution < -0.4 is 20.1 Å². The molecule has 0 aliphatic carbocycles. The number of nitrogens with one attached hydrogen (secondary N) is 2. The van der Waals surface area contributed by atoms with Gasteiger partial charge in [0.25, 0.3) is 0 Å². The molecule has 2 N–H and O–H groups in total. The number of hydrogen-bond acceptors (Lipinski definition) is 4. The molecule has 0 unspecified atom stereocenters. The van der Waals surface area contributed by atoms with Gasteiger partial charge < -0.3 is 20.1 Å². The Labute approximate surface area is 131 Å². The van der Waals surface area contributed by atoms with Crippen LogP contribution in [0.25, 0.3) is 0 Å². The molecule has 0 bridgehead atoms. The standard InChI is InChI=1S/C18H22N2O2/c1-12-10-18(20-13-4-6-14(21-2)7-5-13)16-11-15(22-3)8-9-17(16)19-12/h4-9,11-12,18-20H,10H2,1-3H3/t12-,18+/m1/s1. The lowest BCUT2D eigenvalue weighted by atomic mass is 9.93. The molecule has 0 fully saturated rings. The summed E-state index contributed by atoms with van der Waals surface area (Å²) in [5, 5.41) is 7.15. The molecule has 0 spiro atoms. The maximum Gasteiger partial charge on any atom is 0.119 e. The van der Waals surface area contributed by atoms with Crippen molar-refractivity contribution in [3.8, 4) is 11.5 Å². The Balaban J connectivity index is 1.87. The molecule has 1 aliphatic heterocycles. The average Bonchev–Trinajstić information content (AvgIpc) is 2.55. The van der Waals surface area contributed by atoms with Crippen LogP contribution in [-0.2, 0) is 0 Å². The molecule has 0 aromatic heterocycles. The zero-order chi connectivity index (χ0) is 15.5. The summed E-state index contributed by atoms with van der Waals surface area (Å²) < 4.78 is 10.6.